The summed E-state index contributed by atoms with van der Waals surface area (Å²) in [5, 5.41) is 0. The Hall–Kier alpha value is -0.960. The molecule has 0 aliphatic carbocycles. The van der Waals surface area contributed by atoms with E-state index >= 15 is 0 Å². The fourth-order valence-electron chi connectivity index (χ4n) is 1.92. The van der Waals surface area contributed by atoms with E-state index in [-0.39, 0.29) is 11.5 Å². The van der Waals surface area contributed by atoms with Crippen LogP contribution in [0.3, 0.4) is 0 Å². The third-order valence-electron chi connectivity index (χ3n) is 3.55. The Bertz CT molecular complexity index is 376. The van der Waals surface area contributed by atoms with Crippen LogP contribution >= 0.6 is 0 Å². The second-order valence-corrected chi connectivity index (χ2v) is 6.24. The number of nitrogens with two attached hydrogens (primary N) is 1. The lowest BCUT2D eigenvalue weighted by atomic mass is 9.78. The van der Waals surface area contributed by atoms with Gasteiger partial charge in [-0.3, -0.25) is 0 Å². The van der Waals surface area contributed by atoms with Crippen molar-refractivity contribution in [3.8, 4) is 0 Å². The zero-order chi connectivity index (χ0) is 13.9. The van der Waals surface area contributed by atoms with Crippen molar-refractivity contribution in [2.75, 3.05) is 0 Å². The van der Waals surface area contributed by atoms with Crippen LogP contribution in [-0.2, 0) is 6.42 Å². The molecule has 2 atom stereocenters. The quantitative estimate of drug-likeness (QED) is 0.867. The van der Waals surface area contributed by atoms with Crippen LogP contribution in [0.1, 0.15) is 39.7 Å². The highest BCUT2D eigenvalue weighted by molar-refractivity contribution is 5.18. The zero-order valence-electron chi connectivity index (χ0n) is 11.6. The SMILES string of the molecule is CC(CC(N)Cc1cc(F)cc(F)c1)C(C)(C)C. The summed E-state index contributed by atoms with van der Waals surface area (Å²) in [5.74, 6) is -0.618. The molecule has 0 aliphatic rings. The monoisotopic (exact) mass is 255 g/mol. The molecule has 1 aromatic carbocycles. The number of halogens is 2. The molecular formula is C15H23F2N. The van der Waals surface area contributed by atoms with Gasteiger partial charge in [0.05, 0.1) is 0 Å². The van der Waals surface area contributed by atoms with E-state index in [0.29, 0.717) is 17.9 Å². The summed E-state index contributed by atoms with van der Waals surface area (Å²) in [5.41, 5.74) is 6.88. The summed E-state index contributed by atoms with van der Waals surface area (Å²) < 4.78 is 26.1. The summed E-state index contributed by atoms with van der Waals surface area (Å²) in [6.45, 7) is 8.68. The van der Waals surface area contributed by atoms with E-state index in [2.05, 4.69) is 27.7 Å². The average molecular weight is 255 g/mol. The summed E-state index contributed by atoms with van der Waals surface area (Å²) in [4.78, 5) is 0. The van der Waals surface area contributed by atoms with Crippen molar-refractivity contribution in [2.45, 2.75) is 46.6 Å². The van der Waals surface area contributed by atoms with Gasteiger partial charge in [0.2, 0.25) is 0 Å². The lowest BCUT2D eigenvalue weighted by Crippen LogP contribution is -2.30. The Balaban J connectivity index is 2.62. The van der Waals surface area contributed by atoms with Crippen molar-refractivity contribution in [3.05, 3.63) is 35.4 Å². The third-order valence-corrected chi connectivity index (χ3v) is 3.55. The highest BCUT2D eigenvalue weighted by atomic mass is 19.1. The van der Waals surface area contributed by atoms with Crippen molar-refractivity contribution < 1.29 is 8.78 Å². The molecule has 0 aromatic heterocycles. The number of hydrogen-bond acceptors (Lipinski definition) is 1. The second kappa shape index (κ2) is 5.79. The normalized spacial score (nSPS) is 15.5. The molecule has 2 unspecified atom stereocenters. The van der Waals surface area contributed by atoms with Gasteiger partial charge in [-0.05, 0) is 41.9 Å². The van der Waals surface area contributed by atoms with Crippen LogP contribution in [0.2, 0.25) is 0 Å². The minimum atomic E-state index is -0.541. The molecule has 1 rings (SSSR count). The number of rotatable bonds is 4. The molecule has 18 heavy (non-hydrogen) atoms. The molecule has 0 saturated heterocycles. The molecule has 2 N–H and O–H groups in total. The van der Waals surface area contributed by atoms with Gasteiger partial charge < -0.3 is 5.73 Å². The predicted molar refractivity (Wildman–Crippen MR) is 71.3 cm³/mol. The lowest BCUT2D eigenvalue weighted by Gasteiger charge is -2.29. The van der Waals surface area contributed by atoms with Crippen molar-refractivity contribution in [1.82, 2.24) is 0 Å². The van der Waals surface area contributed by atoms with Crippen LogP contribution < -0.4 is 5.73 Å². The van der Waals surface area contributed by atoms with Gasteiger partial charge in [0.15, 0.2) is 0 Å². The number of benzene rings is 1. The molecule has 0 saturated carbocycles. The molecule has 1 nitrogen and oxygen atoms in total. The van der Waals surface area contributed by atoms with Gasteiger partial charge in [-0.1, -0.05) is 27.7 Å². The van der Waals surface area contributed by atoms with Crippen LogP contribution in [0.5, 0.6) is 0 Å². The van der Waals surface area contributed by atoms with E-state index in [1.807, 2.05) is 0 Å². The van der Waals surface area contributed by atoms with E-state index in [4.69, 9.17) is 5.73 Å². The maximum absolute atomic E-state index is 13.0. The fourth-order valence-corrected chi connectivity index (χ4v) is 1.92. The molecule has 0 bridgehead atoms. The molecule has 0 radical (unpaired) electrons. The first-order chi connectivity index (χ1) is 8.18. The Morgan fingerprint density at radius 2 is 1.61 bits per heavy atom. The van der Waals surface area contributed by atoms with Gasteiger partial charge in [0.25, 0.3) is 0 Å². The highest BCUT2D eigenvalue weighted by Crippen LogP contribution is 2.29. The molecular weight excluding hydrogens is 232 g/mol. The lowest BCUT2D eigenvalue weighted by molar-refractivity contribution is 0.233. The first-order valence-corrected chi connectivity index (χ1v) is 6.39. The van der Waals surface area contributed by atoms with E-state index in [1.165, 1.54) is 12.1 Å². The van der Waals surface area contributed by atoms with Crippen molar-refractivity contribution in [2.24, 2.45) is 17.1 Å². The smallest absolute Gasteiger partial charge is 0.126 e. The van der Waals surface area contributed by atoms with Gasteiger partial charge in [-0.2, -0.15) is 0 Å². The van der Waals surface area contributed by atoms with E-state index in [0.717, 1.165) is 12.5 Å². The zero-order valence-corrected chi connectivity index (χ0v) is 11.6. The van der Waals surface area contributed by atoms with Gasteiger partial charge in [-0.15, -0.1) is 0 Å². The van der Waals surface area contributed by atoms with E-state index < -0.39 is 11.6 Å². The van der Waals surface area contributed by atoms with Gasteiger partial charge in [0.1, 0.15) is 11.6 Å². The maximum Gasteiger partial charge on any atom is 0.126 e. The minimum absolute atomic E-state index is 0.0691. The molecule has 0 aliphatic heterocycles. The second-order valence-electron chi connectivity index (χ2n) is 6.24. The Labute approximate surface area is 108 Å². The van der Waals surface area contributed by atoms with Gasteiger partial charge in [0, 0.05) is 12.1 Å². The topological polar surface area (TPSA) is 26.0 Å². The van der Waals surface area contributed by atoms with Crippen LogP contribution in [0, 0.1) is 23.0 Å². The van der Waals surface area contributed by atoms with Crippen LogP contribution in [0.4, 0.5) is 8.78 Å². The maximum atomic E-state index is 13.0. The minimum Gasteiger partial charge on any atom is -0.327 e. The largest absolute Gasteiger partial charge is 0.327 e. The predicted octanol–water partition coefficient (Wildman–Crippen LogP) is 3.91. The molecule has 1 aromatic rings. The van der Waals surface area contributed by atoms with Gasteiger partial charge in [-0.25, -0.2) is 8.78 Å². The van der Waals surface area contributed by atoms with Crippen LogP contribution in [0.25, 0.3) is 0 Å². The van der Waals surface area contributed by atoms with Gasteiger partial charge >= 0.3 is 0 Å². The van der Waals surface area contributed by atoms with E-state index in [1.54, 1.807) is 0 Å². The standard InChI is InChI=1S/C15H23F2N/c1-10(15(2,3)4)5-14(18)8-11-6-12(16)9-13(17)7-11/h6-7,9-10,14H,5,8,18H2,1-4H3. The molecule has 0 heterocycles. The molecule has 0 spiro atoms. The Morgan fingerprint density at radius 3 is 2.06 bits per heavy atom. The van der Waals surface area contributed by atoms with Crippen molar-refractivity contribution >= 4 is 0 Å². The highest BCUT2D eigenvalue weighted by Gasteiger charge is 2.22. The van der Waals surface area contributed by atoms with Crippen molar-refractivity contribution in [3.63, 3.8) is 0 Å². The third kappa shape index (κ3) is 4.73. The van der Waals surface area contributed by atoms with Crippen LogP contribution in [-0.4, -0.2) is 6.04 Å². The average Bonchev–Trinajstić information content (AvgIpc) is 2.13. The molecule has 102 valence electrons. The summed E-state index contributed by atoms with van der Waals surface area (Å²) >= 11 is 0. The molecule has 0 amide bonds. The summed E-state index contributed by atoms with van der Waals surface area (Å²) in [6, 6.07) is 3.52. The first-order valence-electron chi connectivity index (χ1n) is 6.39. The fraction of sp³-hybridized carbons (Fsp3) is 0.600. The van der Waals surface area contributed by atoms with E-state index in [9.17, 15) is 8.78 Å². The number of hydrogen-bond donors (Lipinski definition) is 1. The Morgan fingerprint density at radius 1 is 1.11 bits per heavy atom. The first kappa shape index (κ1) is 15.1. The van der Waals surface area contributed by atoms with Crippen molar-refractivity contribution in [1.29, 1.82) is 0 Å². The molecule has 3 heteroatoms. The summed E-state index contributed by atoms with van der Waals surface area (Å²) in [7, 11) is 0. The van der Waals surface area contributed by atoms with Crippen LogP contribution in [0.15, 0.2) is 18.2 Å². The summed E-state index contributed by atoms with van der Waals surface area (Å²) in [6.07, 6.45) is 1.36. The molecule has 0 fully saturated rings. The Kier molecular flexibility index (Phi) is 4.85.